The van der Waals surface area contributed by atoms with Gasteiger partial charge in [-0.1, -0.05) is 30.3 Å². The third-order valence-electron chi connectivity index (χ3n) is 3.95. The minimum atomic E-state index is -0.956. The lowest BCUT2D eigenvalue weighted by Gasteiger charge is -2.18. The van der Waals surface area contributed by atoms with Crippen LogP contribution in [0, 0.1) is 0 Å². The number of rotatable bonds is 7. The van der Waals surface area contributed by atoms with Gasteiger partial charge >= 0.3 is 5.97 Å². The van der Waals surface area contributed by atoms with Gasteiger partial charge in [0.05, 0.1) is 17.8 Å². The Morgan fingerprint density at radius 2 is 1.88 bits per heavy atom. The zero-order chi connectivity index (χ0) is 17.6. The summed E-state index contributed by atoms with van der Waals surface area (Å²) in [4.78, 5) is 22.0. The first-order valence-corrected chi connectivity index (χ1v) is 8.03. The minimum Gasteiger partial charge on any atom is -0.478 e. The van der Waals surface area contributed by atoms with Gasteiger partial charge in [-0.25, -0.2) is 9.78 Å². The maximum atomic E-state index is 11.3. The summed E-state index contributed by atoms with van der Waals surface area (Å²) in [5, 5.41) is 9.27. The summed E-state index contributed by atoms with van der Waals surface area (Å²) in [6.07, 6.45) is 5.36. The summed E-state index contributed by atoms with van der Waals surface area (Å²) in [5.74, 6) is -0.0266. The lowest BCUT2D eigenvalue weighted by molar-refractivity contribution is 0.0694. The number of hydrogen-bond acceptors (Lipinski definition) is 4. The highest BCUT2D eigenvalue weighted by atomic mass is 16.4. The molecule has 0 aliphatic rings. The van der Waals surface area contributed by atoms with E-state index in [0.717, 1.165) is 12.4 Å². The molecule has 3 aromatic rings. The van der Waals surface area contributed by atoms with Gasteiger partial charge in [0, 0.05) is 31.7 Å². The zero-order valence-electron chi connectivity index (χ0n) is 14.0. The second-order valence-corrected chi connectivity index (χ2v) is 5.93. The largest absolute Gasteiger partial charge is 0.478 e. The molecule has 0 saturated heterocycles. The van der Waals surface area contributed by atoms with Gasteiger partial charge in [-0.15, -0.1) is 0 Å². The molecule has 0 aliphatic carbocycles. The molecule has 0 fully saturated rings. The Hall–Kier alpha value is -2.99. The molecular weight excluding hydrogens is 316 g/mol. The molecule has 0 spiro atoms. The average molecular weight is 336 g/mol. The Morgan fingerprint density at radius 3 is 2.64 bits per heavy atom. The van der Waals surface area contributed by atoms with E-state index in [9.17, 15) is 9.90 Å². The number of imidazole rings is 1. The van der Waals surface area contributed by atoms with Crippen LogP contribution >= 0.6 is 0 Å². The van der Waals surface area contributed by atoms with E-state index in [1.54, 1.807) is 24.5 Å². The number of carbonyl (C=O) groups is 1. The van der Waals surface area contributed by atoms with Crippen LogP contribution in [0.4, 0.5) is 0 Å². The smallest absolute Gasteiger partial charge is 0.337 e. The second kappa shape index (κ2) is 7.72. The predicted octanol–water partition coefficient (Wildman–Crippen LogP) is 2.66. The fourth-order valence-electron chi connectivity index (χ4n) is 2.73. The van der Waals surface area contributed by atoms with Crippen molar-refractivity contribution in [3.8, 4) is 0 Å². The number of carboxylic acids is 1. The fourth-order valence-corrected chi connectivity index (χ4v) is 2.73. The summed E-state index contributed by atoms with van der Waals surface area (Å²) in [7, 11) is 1.93. The lowest BCUT2D eigenvalue weighted by atomic mass is 10.2. The molecule has 2 aromatic heterocycles. The van der Waals surface area contributed by atoms with E-state index in [1.165, 1.54) is 5.56 Å². The van der Waals surface area contributed by atoms with Crippen molar-refractivity contribution in [2.45, 2.75) is 19.6 Å². The highest BCUT2D eigenvalue weighted by Gasteiger charge is 2.14. The predicted molar refractivity (Wildman–Crippen MR) is 94.1 cm³/mol. The molecular formula is C19H20N4O2. The Morgan fingerprint density at radius 1 is 1.08 bits per heavy atom. The van der Waals surface area contributed by atoms with Crippen LogP contribution in [0.3, 0.4) is 0 Å². The summed E-state index contributed by atoms with van der Waals surface area (Å²) >= 11 is 0. The minimum absolute atomic E-state index is 0.238. The van der Waals surface area contributed by atoms with Crippen molar-refractivity contribution in [3.63, 3.8) is 0 Å². The zero-order valence-corrected chi connectivity index (χ0v) is 14.0. The monoisotopic (exact) mass is 336 g/mol. The molecule has 2 heterocycles. The number of aromatic nitrogens is 3. The van der Waals surface area contributed by atoms with E-state index in [-0.39, 0.29) is 5.56 Å². The van der Waals surface area contributed by atoms with Crippen LogP contribution in [-0.4, -0.2) is 37.6 Å². The van der Waals surface area contributed by atoms with Gasteiger partial charge < -0.3 is 9.67 Å². The van der Waals surface area contributed by atoms with Gasteiger partial charge in [-0.2, -0.15) is 0 Å². The third kappa shape index (κ3) is 4.30. The number of carboxylic acid groups (broad SMARTS) is 1. The molecule has 1 aromatic carbocycles. The maximum Gasteiger partial charge on any atom is 0.337 e. The molecule has 0 atom stereocenters. The highest BCUT2D eigenvalue weighted by molar-refractivity contribution is 5.88. The van der Waals surface area contributed by atoms with Crippen LogP contribution in [0.1, 0.15) is 27.4 Å². The standard InChI is InChI=1S/C19H20N4O2/c1-22(13-17-16(19(24)25)8-5-9-20-17)14-18-21-10-11-23(18)12-15-6-3-2-4-7-15/h2-11H,12-14H2,1H3,(H,24,25). The summed E-state index contributed by atoms with van der Waals surface area (Å²) < 4.78 is 2.10. The van der Waals surface area contributed by atoms with Crippen molar-refractivity contribution in [1.82, 2.24) is 19.4 Å². The summed E-state index contributed by atoms with van der Waals surface area (Å²) in [5.41, 5.74) is 2.00. The van der Waals surface area contributed by atoms with E-state index in [0.29, 0.717) is 18.8 Å². The van der Waals surface area contributed by atoms with Gasteiger partial charge in [0.25, 0.3) is 0 Å². The van der Waals surface area contributed by atoms with Crippen LogP contribution < -0.4 is 0 Å². The van der Waals surface area contributed by atoms with Crippen LogP contribution in [0.25, 0.3) is 0 Å². The Bertz CT molecular complexity index is 845. The van der Waals surface area contributed by atoms with E-state index in [2.05, 4.69) is 26.7 Å². The Labute approximate surface area is 146 Å². The Balaban J connectivity index is 1.69. The van der Waals surface area contributed by atoms with E-state index >= 15 is 0 Å². The number of benzene rings is 1. The van der Waals surface area contributed by atoms with E-state index < -0.39 is 5.97 Å². The molecule has 1 N–H and O–H groups in total. The van der Waals surface area contributed by atoms with E-state index in [4.69, 9.17) is 0 Å². The molecule has 128 valence electrons. The van der Waals surface area contributed by atoms with Crippen molar-refractivity contribution in [2.75, 3.05) is 7.05 Å². The van der Waals surface area contributed by atoms with Crippen molar-refractivity contribution >= 4 is 5.97 Å². The molecule has 0 bridgehead atoms. The summed E-state index contributed by atoms with van der Waals surface area (Å²) in [6.45, 7) is 1.81. The van der Waals surface area contributed by atoms with Crippen LogP contribution in [0.5, 0.6) is 0 Å². The van der Waals surface area contributed by atoms with Crippen molar-refractivity contribution in [3.05, 3.63) is 83.7 Å². The number of hydrogen-bond donors (Lipinski definition) is 1. The van der Waals surface area contributed by atoms with Gasteiger partial charge in [-0.3, -0.25) is 9.88 Å². The highest BCUT2D eigenvalue weighted by Crippen LogP contribution is 2.11. The molecule has 0 unspecified atom stereocenters. The molecule has 0 saturated carbocycles. The third-order valence-corrected chi connectivity index (χ3v) is 3.95. The number of aromatic carboxylic acids is 1. The van der Waals surface area contributed by atoms with Crippen LogP contribution in [0.15, 0.2) is 61.1 Å². The SMILES string of the molecule is CN(Cc1ncccc1C(=O)O)Cc1nccn1Cc1ccccc1. The molecule has 0 amide bonds. The van der Waals surface area contributed by atoms with Crippen molar-refractivity contribution in [2.24, 2.45) is 0 Å². The summed E-state index contributed by atoms with van der Waals surface area (Å²) in [6, 6.07) is 13.4. The molecule has 6 heteroatoms. The second-order valence-electron chi connectivity index (χ2n) is 5.93. The van der Waals surface area contributed by atoms with Gasteiger partial charge in [0.1, 0.15) is 5.82 Å². The van der Waals surface area contributed by atoms with Crippen LogP contribution in [-0.2, 0) is 19.6 Å². The molecule has 0 radical (unpaired) electrons. The molecule has 0 aliphatic heterocycles. The van der Waals surface area contributed by atoms with E-state index in [1.807, 2.05) is 36.3 Å². The number of nitrogens with zero attached hydrogens (tertiary/aromatic N) is 4. The average Bonchev–Trinajstić information content (AvgIpc) is 3.02. The van der Waals surface area contributed by atoms with Gasteiger partial charge in [-0.05, 0) is 24.7 Å². The van der Waals surface area contributed by atoms with Crippen LogP contribution in [0.2, 0.25) is 0 Å². The fraction of sp³-hybridized carbons (Fsp3) is 0.211. The Kier molecular flexibility index (Phi) is 5.20. The van der Waals surface area contributed by atoms with Gasteiger partial charge in [0.2, 0.25) is 0 Å². The first kappa shape index (κ1) is 16.9. The quantitative estimate of drug-likeness (QED) is 0.718. The molecule has 3 rings (SSSR count). The van der Waals surface area contributed by atoms with Gasteiger partial charge in [0.15, 0.2) is 0 Å². The molecule has 6 nitrogen and oxygen atoms in total. The number of pyridine rings is 1. The maximum absolute atomic E-state index is 11.3. The first-order chi connectivity index (χ1) is 12.1. The molecule has 25 heavy (non-hydrogen) atoms. The normalized spacial score (nSPS) is 11.0. The van der Waals surface area contributed by atoms with Crippen molar-refractivity contribution < 1.29 is 9.90 Å². The van der Waals surface area contributed by atoms with Crippen molar-refractivity contribution in [1.29, 1.82) is 0 Å². The first-order valence-electron chi connectivity index (χ1n) is 8.03. The topological polar surface area (TPSA) is 71.2 Å². The lowest BCUT2D eigenvalue weighted by Crippen LogP contribution is -2.22.